The molecule has 1 atom stereocenters. The van der Waals surface area contributed by atoms with Crippen LogP contribution in [0.15, 0.2) is 16.5 Å². The largest absolute Gasteiger partial charge is 0.444 e. The van der Waals surface area contributed by atoms with Gasteiger partial charge in [-0.05, 0) is 32.9 Å². The van der Waals surface area contributed by atoms with Crippen molar-refractivity contribution >= 4 is 5.88 Å². The van der Waals surface area contributed by atoms with Gasteiger partial charge in [-0.2, -0.15) is 0 Å². The van der Waals surface area contributed by atoms with Crippen LogP contribution in [0.5, 0.6) is 0 Å². The first-order valence-electron chi connectivity index (χ1n) is 5.33. The summed E-state index contributed by atoms with van der Waals surface area (Å²) >= 11 is 0. The SMILES string of the molecule is CNC(C)c1ccc(N2CCCC2)o1. The lowest BCUT2D eigenvalue weighted by molar-refractivity contribution is 0.448. The van der Waals surface area contributed by atoms with Crippen molar-refractivity contribution in [2.45, 2.75) is 25.8 Å². The van der Waals surface area contributed by atoms with Gasteiger partial charge in [-0.15, -0.1) is 0 Å². The summed E-state index contributed by atoms with van der Waals surface area (Å²) < 4.78 is 5.78. The molecule has 0 spiro atoms. The quantitative estimate of drug-likeness (QED) is 0.799. The fourth-order valence-electron chi connectivity index (χ4n) is 1.82. The average molecular weight is 194 g/mol. The van der Waals surface area contributed by atoms with E-state index < -0.39 is 0 Å². The lowest BCUT2D eigenvalue weighted by atomic mass is 10.3. The minimum absolute atomic E-state index is 0.298. The molecule has 1 aliphatic rings. The standard InChI is InChI=1S/C11H18N2O/c1-9(12-2)10-5-6-11(14-10)13-7-3-4-8-13/h5-6,9,12H,3-4,7-8H2,1-2H3. The highest BCUT2D eigenvalue weighted by atomic mass is 16.4. The van der Waals surface area contributed by atoms with Gasteiger partial charge in [0.05, 0.1) is 6.04 Å². The Bertz CT molecular complexity index is 289. The van der Waals surface area contributed by atoms with Crippen molar-refractivity contribution in [3.63, 3.8) is 0 Å². The topological polar surface area (TPSA) is 28.4 Å². The molecule has 0 saturated carbocycles. The summed E-state index contributed by atoms with van der Waals surface area (Å²) in [4.78, 5) is 2.31. The first-order chi connectivity index (χ1) is 6.81. The lowest BCUT2D eigenvalue weighted by Gasteiger charge is -2.13. The van der Waals surface area contributed by atoms with E-state index in [1.54, 1.807) is 0 Å². The summed E-state index contributed by atoms with van der Waals surface area (Å²) in [6, 6.07) is 4.44. The minimum atomic E-state index is 0.298. The number of nitrogens with zero attached hydrogens (tertiary/aromatic N) is 1. The van der Waals surface area contributed by atoms with E-state index in [1.165, 1.54) is 12.8 Å². The molecule has 1 aromatic heterocycles. The maximum absolute atomic E-state index is 5.78. The number of anilines is 1. The van der Waals surface area contributed by atoms with Gasteiger partial charge in [0.2, 0.25) is 0 Å². The molecule has 1 fully saturated rings. The molecule has 78 valence electrons. The van der Waals surface area contributed by atoms with E-state index in [1.807, 2.05) is 7.05 Å². The van der Waals surface area contributed by atoms with Crippen LogP contribution in [0.4, 0.5) is 5.88 Å². The Balaban J connectivity index is 2.08. The molecule has 0 bridgehead atoms. The molecule has 2 rings (SSSR count). The predicted molar refractivity (Wildman–Crippen MR) is 57.6 cm³/mol. The Labute approximate surface area is 85.1 Å². The number of nitrogens with one attached hydrogen (secondary N) is 1. The molecule has 1 saturated heterocycles. The highest BCUT2D eigenvalue weighted by Gasteiger charge is 2.16. The van der Waals surface area contributed by atoms with Gasteiger partial charge in [-0.1, -0.05) is 0 Å². The molecule has 0 amide bonds. The molecular weight excluding hydrogens is 176 g/mol. The third-order valence-corrected chi connectivity index (χ3v) is 2.89. The average Bonchev–Trinajstić information content (AvgIpc) is 2.86. The Morgan fingerprint density at radius 3 is 2.71 bits per heavy atom. The highest BCUT2D eigenvalue weighted by molar-refractivity contribution is 5.37. The monoisotopic (exact) mass is 194 g/mol. The van der Waals surface area contributed by atoms with E-state index in [0.29, 0.717) is 6.04 Å². The molecule has 1 aromatic rings. The van der Waals surface area contributed by atoms with Crippen LogP contribution in [0.25, 0.3) is 0 Å². The number of hydrogen-bond acceptors (Lipinski definition) is 3. The van der Waals surface area contributed by atoms with Gasteiger partial charge in [0, 0.05) is 19.2 Å². The summed E-state index contributed by atoms with van der Waals surface area (Å²) in [5.41, 5.74) is 0. The Hall–Kier alpha value is -0.960. The molecule has 14 heavy (non-hydrogen) atoms. The van der Waals surface area contributed by atoms with Crippen LogP contribution < -0.4 is 10.2 Å². The molecule has 0 radical (unpaired) electrons. The molecule has 3 nitrogen and oxygen atoms in total. The van der Waals surface area contributed by atoms with E-state index in [-0.39, 0.29) is 0 Å². The van der Waals surface area contributed by atoms with Crippen molar-refractivity contribution in [3.8, 4) is 0 Å². The summed E-state index contributed by atoms with van der Waals surface area (Å²) in [7, 11) is 1.95. The molecule has 3 heteroatoms. The Morgan fingerprint density at radius 2 is 2.07 bits per heavy atom. The number of furan rings is 1. The van der Waals surface area contributed by atoms with Crippen molar-refractivity contribution < 1.29 is 4.42 Å². The van der Waals surface area contributed by atoms with Crippen molar-refractivity contribution in [1.82, 2.24) is 5.32 Å². The second-order valence-electron chi connectivity index (χ2n) is 3.88. The van der Waals surface area contributed by atoms with Crippen LogP contribution in [0.3, 0.4) is 0 Å². The van der Waals surface area contributed by atoms with Crippen molar-refractivity contribution in [1.29, 1.82) is 0 Å². The maximum atomic E-state index is 5.78. The third-order valence-electron chi connectivity index (χ3n) is 2.89. The van der Waals surface area contributed by atoms with Crippen LogP contribution >= 0.6 is 0 Å². The Kier molecular flexibility index (Phi) is 2.77. The van der Waals surface area contributed by atoms with Crippen LogP contribution in [0, 0.1) is 0 Å². The predicted octanol–water partition coefficient (Wildman–Crippen LogP) is 2.16. The zero-order chi connectivity index (χ0) is 9.97. The zero-order valence-electron chi connectivity index (χ0n) is 8.92. The van der Waals surface area contributed by atoms with Gasteiger partial charge in [0.1, 0.15) is 5.76 Å². The van der Waals surface area contributed by atoms with Crippen LogP contribution in [-0.2, 0) is 0 Å². The van der Waals surface area contributed by atoms with Crippen LogP contribution in [-0.4, -0.2) is 20.1 Å². The van der Waals surface area contributed by atoms with Crippen LogP contribution in [0.1, 0.15) is 31.6 Å². The first-order valence-corrected chi connectivity index (χ1v) is 5.33. The van der Waals surface area contributed by atoms with Gasteiger partial charge in [0.15, 0.2) is 5.88 Å². The van der Waals surface area contributed by atoms with Crippen molar-refractivity contribution in [2.75, 3.05) is 25.0 Å². The maximum Gasteiger partial charge on any atom is 0.195 e. The second-order valence-corrected chi connectivity index (χ2v) is 3.88. The zero-order valence-corrected chi connectivity index (χ0v) is 8.92. The summed E-state index contributed by atoms with van der Waals surface area (Å²) in [5, 5.41) is 3.17. The minimum Gasteiger partial charge on any atom is -0.444 e. The van der Waals surface area contributed by atoms with Gasteiger partial charge in [-0.25, -0.2) is 0 Å². The summed E-state index contributed by atoms with van der Waals surface area (Å²) in [6.45, 7) is 4.38. The molecule has 1 unspecified atom stereocenters. The molecule has 0 aliphatic carbocycles. The lowest BCUT2D eigenvalue weighted by Crippen LogP contribution is -2.16. The van der Waals surface area contributed by atoms with E-state index in [4.69, 9.17) is 4.42 Å². The van der Waals surface area contributed by atoms with E-state index >= 15 is 0 Å². The fourth-order valence-corrected chi connectivity index (χ4v) is 1.82. The van der Waals surface area contributed by atoms with E-state index in [0.717, 1.165) is 24.7 Å². The second kappa shape index (κ2) is 4.05. The molecule has 1 aliphatic heterocycles. The smallest absolute Gasteiger partial charge is 0.195 e. The number of hydrogen-bond donors (Lipinski definition) is 1. The number of rotatable bonds is 3. The molecule has 0 aromatic carbocycles. The summed E-state index contributed by atoms with van der Waals surface area (Å²) in [5.74, 6) is 2.05. The fraction of sp³-hybridized carbons (Fsp3) is 0.636. The Morgan fingerprint density at radius 1 is 1.36 bits per heavy atom. The van der Waals surface area contributed by atoms with Gasteiger partial charge < -0.3 is 14.6 Å². The third kappa shape index (κ3) is 1.77. The van der Waals surface area contributed by atoms with Gasteiger partial charge in [-0.3, -0.25) is 0 Å². The molecule has 1 N–H and O–H groups in total. The van der Waals surface area contributed by atoms with Crippen molar-refractivity contribution in [2.24, 2.45) is 0 Å². The molecular formula is C11H18N2O. The van der Waals surface area contributed by atoms with E-state index in [2.05, 4.69) is 29.3 Å². The first kappa shape index (κ1) is 9.59. The summed E-state index contributed by atoms with van der Waals surface area (Å²) in [6.07, 6.45) is 2.58. The van der Waals surface area contributed by atoms with Crippen molar-refractivity contribution in [3.05, 3.63) is 17.9 Å². The highest BCUT2D eigenvalue weighted by Crippen LogP contribution is 2.25. The normalized spacial score (nSPS) is 18.9. The molecule has 2 heterocycles. The van der Waals surface area contributed by atoms with Crippen LogP contribution in [0.2, 0.25) is 0 Å². The van der Waals surface area contributed by atoms with E-state index in [9.17, 15) is 0 Å². The van der Waals surface area contributed by atoms with Gasteiger partial charge in [0.25, 0.3) is 0 Å². The van der Waals surface area contributed by atoms with Gasteiger partial charge >= 0.3 is 0 Å².